The molecule has 96 valence electrons. The second-order valence-corrected chi connectivity index (χ2v) is 5.48. The summed E-state index contributed by atoms with van der Waals surface area (Å²) in [5.74, 6) is 1.91. The van der Waals surface area contributed by atoms with Gasteiger partial charge in [0.1, 0.15) is 5.75 Å². The molecule has 1 heterocycles. The Hall–Kier alpha value is -1.56. The minimum absolute atomic E-state index is 0.237. The van der Waals surface area contributed by atoms with Crippen molar-refractivity contribution in [2.24, 2.45) is 5.92 Å². The number of aromatic hydroxyl groups is 1. The first-order valence-corrected chi connectivity index (χ1v) is 6.86. The van der Waals surface area contributed by atoms with Crippen LogP contribution in [0.1, 0.15) is 20.3 Å². The first-order chi connectivity index (χ1) is 8.66. The maximum Gasteiger partial charge on any atom is 0.214 e. The van der Waals surface area contributed by atoms with Gasteiger partial charge in [-0.05, 0) is 47.0 Å². The number of nitrogens with zero attached hydrogens (tertiary/aromatic N) is 4. The third-order valence-corrected chi connectivity index (χ3v) is 3.41. The number of hydrogen-bond donors (Lipinski definition) is 1. The maximum absolute atomic E-state index is 9.26. The second kappa shape index (κ2) is 5.86. The van der Waals surface area contributed by atoms with Gasteiger partial charge in [0.15, 0.2) is 0 Å². The molecule has 18 heavy (non-hydrogen) atoms. The molecule has 0 bridgehead atoms. The Morgan fingerprint density at radius 2 is 2.00 bits per heavy atom. The zero-order valence-corrected chi connectivity index (χ0v) is 11.3. The number of hydrogen-bond acceptors (Lipinski definition) is 5. The lowest BCUT2D eigenvalue weighted by atomic mass is 10.2. The van der Waals surface area contributed by atoms with E-state index in [1.54, 1.807) is 40.7 Å². The molecule has 0 saturated heterocycles. The van der Waals surface area contributed by atoms with E-state index in [0.29, 0.717) is 5.92 Å². The van der Waals surface area contributed by atoms with E-state index in [4.69, 9.17) is 0 Å². The Bertz CT molecular complexity index is 495. The Morgan fingerprint density at radius 1 is 1.28 bits per heavy atom. The molecule has 0 radical (unpaired) electrons. The van der Waals surface area contributed by atoms with Crippen LogP contribution in [0, 0.1) is 5.92 Å². The first-order valence-electron chi connectivity index (χ1n) is 5.87. The maximum atomic E-state index is 9.26. The number of benzene rings is 1. The SMILES string of the molecule is CC(C)CCSc1nnnn1-c1ccc(O)cc1. The van der Waals surface area contributed by atoms with Crippen molar-refractivity contribution in [3.8, 4) is 11.4 Å². The summed E-state index contributed by atoms with van der Waals surface area (Å²) in [4.78, 5) is 0. The fraction of sp³-hybridized carbons (Fsp3) is 0.417. The summed E-state index contributed by atoms with van der Waals surface area (Å²) >= 11 is 1.65. The van der Waals surface area contributed by atoms with Crippen LogP contribution in [0.2, 0.25) is 0 Å². The Balaban J connectivity index is 2.10. The number of thioether (sulfide) groups is 1. The minimum atomic E-state index is 0.237. The highest BCUT2D eigenvalue weighted by Gasteiger charge is 2.09. The zero-order valence-electron chi connectivity index (χ0n) is 10.4. The molecule has 0 unspecified atom stereocenters. The summed E-state index contributed by atoms with van der Waals surface area (Å²) < 4.78 is 1.68. The molecular weight excluding hydrogens is 248 g/mol. The Kier molecular flexibility index (Phi) is 4.19. The van der Waals surface area contributed by atoms with E-state index in [9.17, 15) is 5.11 Å². The Labute approximate surface area is 110 Å². The number of phenols is 1. The highest BCUT2D eigenvalue weighted by molar-refractivity contribution is 7.99. The number of tetrazole rings is 1. The van der Waals surface area contributed by atoms with E-state index >= 15 is 0 Å². The molecular formula is C12H16N4OS. The summed E-state index contributed by atoms with van der Waals surface area (Å²) in [6, 6.07) is 6.83. The van der Waals surface area contributed by atoms with Crippen molar-refractivity contribution in [1.29, 1.82) is 0 Å². The third-order valence-electron chi connectivity index (χ3n) is 2.46. The van der Waals surface area contributed by atoms with Gasteiger partial charge in [0, 0.05) is 5.75 Å². The molecule has 0 spiro atoms. The number of phenolic OH excluding ortho intramolecular Hbond substituents is 1. The highest BCUT2D eigenvalue weighted by Crippen LogP contribution is 2.21. The van der Waals surface area contributed by atoms with Gasteiger partial charge in [-0.2, -0.15) is 4.68 Å². The predicted octanol–water partition coefficient (Wildman–Crippen LogP) is 2.51. The molecule has 1 aromatic heterocycles. The average molecular weight is 264 g/mol. The molecule has 5 nitrogen and oxygen atoms in total. The zero-order chi connectivity index (χ0) is 13.0. The lowest BCUT2D eigenvalue weighted by Gasteiger charge is -2.05. The van der Waals surface area contributed by atoms with Gasteiger partial charge >= 0.3 is 0 Å². The number of rotatable bonds is 5. The van der Waals surface area contributed by atoms with E-state index in [2.05, 4.69) is 29.4 Å². The highest BCUT2D eigenvalue weighted by atomic mass is 32.2. The predicted molar refractivity (Wildman–Crippen MR) is 71.0 cm³/mol. The molecule has 2 aromatic rings. The van der Waals surface area contributed by atoms with Crippen LogP contribution < -0.4 is 0 Å². The summed E-state index contributed by atoms with van der Waals surface area (Å²) in [6.45, 7) is 4.40. The molecule has 0 saturated carbocycles. The number of aromatic nitrogens is 4. The van der Waals surface area contributed by atoms with Crippen molar-refractivity contribution in [2.75, 3.05) is 5.75 Å². The van der Waals surface area contributed by atoms with Gasteiger partial charge in [0.2, 0.25) is 5.16 Å². The largest absolute Gasteiger partial charge is 0.508 e. The third kappa shape index (κ3) is 3.22. The van der Waals surface area contributed by atoms with E-state index in [1.807, 2.05) is 0 Å². The monoisotopic (exact) mass is 264 g/mol. The fourth-order valence-electron chi connectivity index (χ4n) is 1.41. The fourth-order valence-corrected chi connectivity index (χ4v) is 2.54. The standard InChI is InChI=1S/C12H16N4OS/c1-9(2)7-8-18-12-13-14-15-16(12)10-3-5-11(17)6-4-10/h3-6,9,17H,7-8H2,1-2H3. The van der Waals surface area contributed by atoms with Gasteiger partial charge in [0.05, 0.1) is 5.69 Å². The van der Waals surface area contributed by atoms with Crippen LogP contribution in [0.15, 0.2) is 29.4 Å². The van der Waals surface area contributed by atoms with Gasteiger partial charge in [-0.25, -0.2) is 0 Å². The molecule has 0 aliphatic heterocycles. The van der Waals surface area contributed by atoms with E-state index < -0.39 is 0 Å². The van der Waals surface area contributed by atoms with E-state index in [-0.39, 0.29) is 5.75 Å². The summed E-state index contributed by atoms with van der Waals surface area (Å²) in [5.41, 5.74) is 0.852. The Morgan fingerprint density at radius 3 is 2.67 bits per heavy atom. The summed E-state index contributed by atoms with van der Waals surface area (Å²) in [7, 11) is 0. The van der Waals surface area contributed by atoms with Crippen LogP contribution in [0.5, 0.6) is 5.75 Å². The molecule has 2 rings (SSSR count). The summed E-state index contributed by atoms with van der Waals surface area (Å²) in [5, 5.41) is 21.7. The molecule has 1 N–H and O–H groups in total. The van der Waals surface area contributed by atoms with Crippen LogP contribution in [0.4, 0.5) is 0 Å². The van der Waals surface area contributed by atoms with Crippen molar-refractivity contribution < 1.29 is 5.11 Å². The average Bonchev–Trinajstić information content (AvgIpc) is 2.78. The summed E-state index contributed by atoms with van der Waals surface area (Å²) in [6.07, 6.45) is 1.13. The van der Waals surface area contributed by atoms with Crippen LogP contribution in [0.3, 0.4) is 0 Å². The molecule has 0 amide bonds. The van der Waals surface area contributed by atoms with Gasteiger partial charge < -0.3 is 5.11 Å². The molecule has 0 aliphatic rings. The van der Waals surface area contributed by atoms with Crippen molar-refractivity contribution in [3.05, 3.63) is 24.3 Å². The lowest BCUT2D eigenvalue weighted by molar-refractivity contribution is 0.475. The smallest absolute Gasteiger partial charge is 0.214 e. The van der Waals surface area contributed by atoms with Crippen molar-refractivity contribution in [1.82, 2.24) is 20.2 Å². The molecule has 6 heteroatoms. The van der Waals surface area contributed by atoms with Crippen molar-refractivity contribution >= 4 is 11.8 Å². The molecule has 0 aliphatic carbocycles. The second-order valence-electron chi connectivity index (χ2n) is 4.42. The molecule has 0 fully saturated rings. The normalized spacial score (nSPS) is 11.1. The van der Waals surface area contributed by atoms with Gasteiger partial charge in [-0.15, -0.1) is 5.10 Å². The van der Waals surface area contributed by atoms with Crippen LogP contribution in [-0.4, -0.2) is 31.1 Å². The topological polar surface area (TPSA) is 63.8 Å². The molecule has 0 atom stereocenters. The van der Waals surface area contributed by atoms with Crippen molar-refractivity contribution in [3.63, 3.8) is 0 Å². The first kappa shape index (κ1) is 12.9. The lowest BCUT2D eigenvalue weighted by Crippen LogP contribution is -1.99. The van der Waals surface area contributed by atoms with Gasteiger partial charge in [-0.1, -0.05) is 25.6 Å². The van der Waals surface area contributed by atoms with Gasteiger partial charge in [-0.3, -0.25) is 0 Å². The van der Waals surface area contributed by atoms with Crippen LogP contribution in [-0.2, 0) is 0 Å². The quantitative estimate of drug-likeness (QED) is 0.841. The molecule has 1 aromatic carbocycles. The minimum Gasteiger partial charge on any atom is -0.508 e. The van der Waals surface area contributed by atoms with Crippen LogP contribution >= 0.6 is 11.8 Å². The van der Waals surface area contributed by atoms with E-state index in [0.717, 1.165) is 23.0 Å². The van der Waals surface area contributed by atoms with Gasteiger partial charge in [0.25, 0.3) is 0 Å². The van der Waals surface area contributed by atoms with Crippen molar-refractivity contribution in [2.45, 2.75) is 25.4 Å². The van der Waals surface area contributed by atoms with Crippen LogP contribution in [0.25, 0.3) is 5.69 Å². The van der Waals surface area contributed by atoms with E-state index in [1.165, 1.54) is 0 Å².